The summed E-state index contributed by atoms with van der Waals surface area (Å²) >= 11 is 0. The first-order valence-corrected chi connectivity index (χ1v) is 20.5. The highest BCUT2D eigenvalue weighted by atomic mass is 16.6. The molecule has 3 aromatic carbocycles. The molecule has 0 aliphatic carbocycles. The van der Waals surface area contributed by atoms with E-state index < -0.39 is 23.8 Å². The van der Waals surface area contributed by atoms with Gasteiger partial charge in [0.25, 0.3) is 11.8 Å². The zero-order valence-corrected chi connectivity index (χ0v) is 32.3. The van der Waals surface area contributed by atoms with E-state index in [0.717, 1.165) is 36.1 Å². The second kappa shape index (κ2) is 20.3. The van der Waals surface area contributed by atoms with Gasteiger partial charge in [0.05, 0.1) is 30.0 Å². The Morgan fingerprint density at radius 1 is 0.491 bits per heavy atom. The number of imide groups is 1. The van der Waals surface area contributed by atoms with E-state index >= 15 is 0 Å². The predicted octanol–water partition coefficient (Wildman–Crippen LogP) is 11.9. The molecule has 0 saturated carbocycles. The quantitative estimate of drug-likeness (QED) is 0.0371. The van der Waals surface area contributed by atoms with E-state index in [1.54, 1.807) is 12.1 Å². The van der Waals surface area contributed by atoms with Crippen LogP contribution >= 0.6 is 0 Å². The molecule has 53 heavy (non-hydrogen) atoms. The van der Waals surface area contributed by atoms with Crippen LogP contribution in [0, 0.1) is 6.92 Å². The average molecular weight is 726 g/mol. The van der Waals surface area contributed by atoms with E-state index in [9.17, 15) is 19.2 Å². The second-order valence-electron chi connectivity index (χ2n) is 14.8. The highest BCUT2D eigenvalue weighted by Crippen LogP contribution is 2.41. The molecule has 0 bridgehead atoms. The molecule has 0 unspecified atom stereocenters. The zero-order valence-electron chi connectivity index (χ0n) is 32.3. The lowest BCUT2D eigenvalue weighted by Crippen LogP contribution is -2.41. The van der Waals surface area contributed by atoms with Crippen LogP contribution in [0.15, 0.2) is 36.4 Å². The Balaban J connectivity index is 1.28. The van der Waals surface area contributed by atoms with Gasteiger partial charge in [-0.3, -0.25) is 9.59 Å². The highest BCUT2D eigenvalue weighted by Gasteiger charge is 2.39. The first-order valence-electron chi connectivity index (χ1n) is 20.5. The Morgan fingerprint density at radius 3 is 1.23 bits per heavy atom. The number of anilines is 1. The Morgan fingerprint density at radius 2 is 0.830 bits per heavy atom. The summed E-state index contributed by atoms with van der Waals surface area (Å²) in [6.07, 6.45) is 24.5. The van der Waals surface area contributed by atoms with Crippen LogP contribution in [0.4, 0.5) is 5.69 Å². The summed E-state index contributed by atoms with van der Waals surface area (Å²) in [5.74, 6) is -1.49. The molecule has 0 spiro atoms. The van der Waals surface area contributed by atoms with Gasteiger partial charge in [-0.2, -0.15) is 0 Å². The second-order valence-corrected chi connectivity index (χ2v) is 14.8. The molecule has 2 aliphatic heterocycles. The molecule has 3 aromatic rings. The molecule has 8 heteroatoms. The van der Waals surface area contributed by atoms with Gasteiger partial charge in [0.1, 0.15) is 11.5 Å². The van der Waals surface area contributed by atoms with E-state index in [1.165, 1.54) is 127 Å². The van der Waals surface area contributed by atoms with Crippen molar-refractivity contribution >= 4 is 40.2 Å². The normalized spacial score (nSPS) is 13.6. The van der Waals surface area contributed by atoms with Gasteiger partial charge in [-0.25, -0.2) is 14.5 Å². The Kier molecular flexibility index (Phi) is 15.3. The van der Waals surface area contributed by atoms with Crippen molar-refractivity contribution in [3.8, 4) is 11.5 Å². The smallest absolute Gasteiger partial charge is 0.346 e. The summed E-state index contributed by atoms with van der Waals surface area (Å²) in [4.78, 5) is 54.6. The standard InChI is InChI=1S/C45H59NO7/c1-4-6-8-10-12-14-16-18-20-22-28-51-38-30-33(31-39(32(38)3)52-29-23-21-19-17-15-13-11-9-7-5-2)46-42(47)34-24-26-36-41-37(45(50)53-44(36)49)27-25-35(40(34)41)43(46)48/h24-27,30-31H,4-23,28-29H2,1-3H3. The van der Waals surface area contributed by atoms with Gasteiger partial charge in [0.2, 0.25) is 0 Å². The van der Waals surface area contributed by atoms with E-state index in [0.29, 0.717) is 35.8 Å². The number of benzene rings is 3. The number of carbonyl (C=O) groups excluding carboxylic acids is 4. The molecule has 0 fully saturated rings. The van der Waals surface area contributed by atoms with Crippen molar-refractivity contribution in [2.24, 2.45) is 0 Å². The number of unbranched alkanes of at least 4 members (excludes halogenated alkanes) is 18. The SMILES string of the molecule is CCCCCCCCCCCCOc1cc(N2C(=O)c3ccc4c5c(ccc(c35)C2=O)C(=O)OC4=O)cc(OCCCCCCCCCCCC)c1C. The van der Waals surface area contributed by atoms with Gasteiger partial charge in [0, 0.05) is 39.6 Å². The topological polar surface area (TPSA) is 99.2 Å². The lowest BCUT2D eigenvalue weighted by atomic mass is 9.87. The van der Waals surface area contributed by atoms with Crippen LogP contribution in [-0.2, 0) is 4.74 Å². The summed E-state index contributed by atoms with van der Waals surface area (Å²) in [6.45, 7) is 7.50. The first-order chi connectivity index (χ1) is 25.9. The van der Waals surface area contributed by atoms with Crippen molar-refractivity contribution in [3.05, 3.63) is 64.2 Å². The maximum absolute atomic E-state index is 14.2. The summed E-state index contributed by atoms with van der Waals surface area (Å²) in [6, 6.07) is 9.55. The highest BCUT2D eigenvalue weighted by molar-refractivity contribution is 6.38. The largest absolute Gasteiger partial charge is 0.493 e. The van der Waals surface area contributed by atoms with Crippen molar-refractivity contribution in [1.82, 2.24) is 0 Å². The number of amides is 2. The maximum atomic E-state index is 14.2. The number of rotatable bonds is 25. The van der Waals surface area contributed by atoms with Gasteiger partial charge >= 0.3 is 11.9 Å². The Bertz CT molecular complexity index is 1630. The van der Waals surface area contributed by atoms with Gasteiger partial charge in [0.15, 0.2) is 0 Å². The molecule has 2 aliphatic rings. The van der Waals surface area contributed by atoms with Crippen LogP contribution in [-0.4, -0.2) is 37.0 Å². The predicted molar refractivity (Wildman–Crippen MR) is 211 cm³/mol. The van der Waals surface area contributed by atoms with Crippen LogP contribution in [0.3, 0.4) is 0 Å². The molecule has 5 rings (SSSR count). The molecule has 0 atom stereocenters. The Hall–Kier alpha value is -4.20. The fraction of sp³-hybridized carbons (Fsp3) is 0.556. The van der Waals surface area contributed by atoms with Crippen LogP contribution < -0.4 is 14.4 Å². The Labute approximate surface area is 315 Å². The molecule has 286 valence electrons. The number of esters is 2. The molecule has 8 nitrogen and oxygen atoms in total. The summed E-state index contributed by atoms with van der Waals surface area (Å²) in [5, 5.41) is 0.589. The molecule has 0 radical (unpaired) electrons. The molecule has 0 N–H and O–H groups in total. The number of carbonyl (C=O) groups is 4. The lowest BCUT2D eigenvalue weighted by Gasteiger charge is -2.30. The number of nitrogens with zero attached hydrogens (tertiary/aromatic N) is 1. The molecule has 0 aromatic heterocycles. The fourth-order valence-electron chi connectivity index (χ4n) is 7.57. The van der Waals surface area contributed by atoms with Gasteiger partial charge in [-0.05, 0) is 44.0 Å². The van der Waals surface area contributed by atoms with E-state index in [1.807, 2.05) is 6.92 Å². The van der Waals surface area contributed by atoms with E-state index in [4.69, 9.17) is 14.2 Å². The number of ether oxygens (including phenoxy) is 3. The van der Waals surface area contributed by atoms with Crippen LogP contribution in [0.5, 0.6) is 11.5 Å². The van der Waals surface area contributed by atoms with Gasteiger partial charge in [-0.15, -0.1) is 0 Å². The minimum atomic E-state index is -0.791. The van der Waals surface area contributed by atoms with Crippen molar-refractivity contribution < 1.29 is 33.4 Å². The number of hydrogen-bond acceptors (Lipinski definition) is 7. The number of hydrogen-bond donors (Lipinski definition) is 0. The minimum Gasteiger partial charge on any atom is -0.493 e. The van der Waals surface area contributed by atoms with Gasteiger partial charge < -0.3 is 14.2 Å². The number of cyclic esters (lactones) is 2. The summed E-state index contributed by atoms with van der Waals surface area (Å²) in [7, 11) is 0. The lowest BCUT2D eigenvalue weighted by molar-refractivity contribution is 0.0390. The van der Waals surface area contributed by atoms with Crippen molar-refractivity contribution in [2.75, 3.05) is 18.1 Å². The molecule has 2 amide bonds. The zero-order chi connectivity index (χ0) is 37.6. The minimum absolute atomic E-state index is 0.162. The molecular weight excluding hydrogens is 666 g/mol. The van der Waals surface area contributed by atoms with Crippen molar-refractivity contribution in [3.63, 3.8) is 0 Å². The van der Waals surface area contributed by atoms with Crippen molar-refractivity contribution in [1.29, 1.82) is 0 Å². The average Bonchev–Trinajstić information content (AvgIpc) is 3.15. The summed E-state index contributed by atoms with van der Waals surface area (Å²) in [5.41, 5.74) is 2.00. The monoisotopic (exact) mass is 725 g/mol. The molecule has 0 saturated heterocycles. The van der Waals surface area contributed by atoms with E-state index in [2.05, 4.69) is 13.8 Å². The maximum Gasteiger partial charge on any atom is 0.346 e. The third kappa shape index (κ3) is 10.1. The van der Waals surface area contributed by atoms with Crippen LogP contribution in [0.2, 0.25) is 0 Å². The summed E-state index contributed by atoms with van der Waals surface area (Å²) < 4.78 is 17.6. The van der Waals surface area contributed by atoms with Crippen LogP contribution in [0.1, 0.15) is 189 Å². The molecule has 2 heterocycles. The third-order valence-corrected chi connectivity index (χ3v) is 10.7. The van der Waals surface area contributed by atoms with Gasteiger partial charge in [-0.1, -0.05) is 129 Å². The third-order valence-electron chi connectivity index (χ3n) is 10.7. The van der Waals surface area contributed by atoms with Crippen LogP contribution in [0.25, 0.3) is 10.8 Å². The first kappa shape index (κ1) is 40.0. The fourth-order valence-corrected chi connectivity index (χ4v) is 7.57. The van der Waals surface area contributed by atoms with E-state index in [-0.39, 0.29) is 27.6 Å². The van der Waals surface area contributed by atoms with Crippen molar-refractivity contribution in [2.45, 2.75) is 149 Å². The molecular formula is C45H59NO7.